The normalized spacial score (nSPS) is 28.0. The Kier molecular flexibility index (Phi) is 3.09. The molecule has 1 aliphatic carbocycles. The summed E-state index contributed by atoms with van der Waals surface area (Å²) in [6.07, 6.45) is 3.11. The highest BCUT2D eigenvalue weighted by molar-refractivity contribution is 5.79. The number of carbonyl (C=O) groups excluding carboxylic acids is 1. The fraction of sp³-hybridized carbons (Fsp3) is 0.778. The van der Waals surface area contributed by atoms with Crippen LogP contribution < -0.4 is 5.32 Å². The van der Waals surface area contributed by atoms with Crippen LogP contribution in [0.5, 0.6) is 0 Å². The second-order valence-electron chi connectivity index (χ2n) is 3.49. The summed E-state index contributed by atoms with van der Waals surface area (Å²) in [5, 5.41) is 10.8. The van der Waals surface area contributed by atoms with Crippen LogP contribution in [0.25, 0.3) is 0 Å². The molecule has 0 radical (unpaired) electrons. The first-order valence-electron chi connectivity index (χ1n) is 4.38. The molecule has 12 heavy (non-hydrogen) atoms. The first-order valence-corrected chi connectivity index (χ1v) is 4.38. The monoisotopic (exact) mass is 166 g/mol. The van der Waals surface area contributed by atoms with Gasteiger partial charge in [0.2, 0.25) is 5.91 Å². The van der Waals surface area contributed by atoms with Crippen LogP contribution in [-0.2, 0) is 4.79 Å². The molecule has 0 spiro atoms. The maximum atomic E-state index is 11.3. The van der Waals surface area contributed by atoms with Gasteiger partial charge in [-0.25, -0.2) is 0 Å². The van der Waals surface area contributed by atoms with Crippen LogP contribution in [-0.4, -0.2) is 12.5 Å². The molecule has 0 aromatic carbocycles. The zero-order chi connectivity index (χ0) is 8.97. The van der Waals surface area contributed by atoms with Crippen LogP contribution in [0.1, 0.15) is 26.2 Å². The SMILES string of the molecule is CC1CCC(C(=O)NCC#N)C1. The van der Waals surface area contributed by atoms with E-state index in [4.69, 9.17) is 5.26 Å². The van der Waals surface area contributed by atoms with Crippen molar-refractivity contribution in [3.05, 3.63) is 0 Å². The number of carbonyl (C=O) groups is 1. The molecule has 0 aliphatic heterocycles. The predicted octanol–water partition coefficient (Wildman–Crippen LogP) is 1.06. The number of hydrogen-bond acceptors (Lipinski definition) is 2. The van der Waals surface area contributed by atoms with E-state index in [0.29, 0.717) is 5.92 Å². The molecule has 1 N–H and O–H groups in total. The molecule has 1 saturated carbocycles. The second kappa shape index (κ2) is 4.10. The molecule has 0 heterocycles. The zero-order valence-corrected chi connectivity index (χ0v) is 7.34. The number of rotatable bonds is 2. The van der Waals surface area contributed by atoms with E-state index in [9.17, 15) is 4.79 Å². The third kappa shape index (κ3) is 2.23. The van der Waals surface area contributed by atoms with E-state index >= 15 is 0 Å². The van der Waals surface area contributed by atoms with Crippen molar-refractivity contribution >= 4 is 5.91 Å². The molecule has 0 aromatic rings. The first kappa shape index (κ1) is 9.05. The van der Waals surface area contributed by atoms with Gasteiger partial charge in [0.1, 0.15) is 6.54 Å². The summed E-state index contributed by atoms with van der Waals surface area (Å²) in [7, 11) is 0. The van der Waals surface area contributed by atoms with E-state index in [1.54, 1.807) is 0 Å². The highest BCUT2D eigenvalue weighted by Gasteiger charge is 2.26. The summed E-state index contributed by atoms with van der Waals surface area (Å²) in [6.45, 7) is 2.31. The number of nitriles is 1. The Balaban J connectivity index is 2.29. The average molecular weight is 166 g/mol. The van der Waals surface area contributed by atoms with Gasteiger partial charge < -0.3 is 5.32 Å². The second-order valence-corrected chi connectivity index (χ2v) is 3.49. The molecule has 2 unspecified atom stereocenters. The lowest BCUT2D eigenvalue weighted by Gasteiger charge is -2.07. The van der Waals surface area contributed by atoms with Gasteiger partial charge in [0.25, 0.3) is 0 Å². The summed E-state index contributed by atoms with van der Waals surface area (Å²) < 4.78 is 0. The fourth-order valence-corrected chi connectivity index (χ4v) is 1.72. The summed E-state index contributed by atoms with van der Waals surface area (Å²) >= 11 is 0. The van der Waals surface area contributed by atoms with Gasteiger partial charge in [-0.05, 0) is 25.2 Å². The lowest BCUT2D eigenvalue weighted by atomic mass is 10.1. The van der Waals surface area contributed by atoms with E-state index in [-0.39, 0.29) is 18.4 Å². The topological polar surface area (TPSA) is 52.9 Å². The molecular weight excluding hydrogens is 152 g/mol. The number of nitrogens with one attached hydrogen (secondary N) is 1. The summed E-state index contributed by atoms with van der Waals surface area (Å²) in [5.41, 5.74) is 0. The van der Waals surface area contributed by atoms with Crippen molar-refractivity contribution in [2.24, 2.45) is 11.8 Å². The van der Waals surface area contributed by atoms with Crippen molar-refractivity contribution in [2.45, 2.75) is 26.2 Å². The fourth-order valence-electron chi connectivity index (χ4n) is 1.72. The van der Waals surface area contributed by atoms with Crippen LogP contribution in [0.2, 0.25) is 0 Å². The van der Waals surface area contributed by atoms with E-state index in [1.165, 1.54) is 0 Å². The number of nitrogens with zero attached hydrogens (tertiary/aromatic N) is 1. The van der Waals surface area contributed by atoms with Gasteiger partial charge in [-0.1, -0.05) is 6.92 Å². The van der Waals surface area contributed by atoms with Crippen LogP contribution >= 0.6 is 0 Å². The van der Waals surface area contributed by atoms with E-state index in [2.05, 4.69) is 12.2 Å². The van der Waals surface area contributed by atoms with Crippen molar-refractivity contribution in [3.63, 3.8) is 0 Å². The van der Waals surface area contributed by atoms with E-state index in [1.807, 2.05) is 6.07 Å². The van der Waals surface area contributed by atoms with Gasteiger partial charge in [0.15, 0.2) is 0 Å². The van der Waals surface area contributed by atoms with Gasteiger partial charge in [-0.15, -0.1) is 0 Å². The molecule has 66 valence electrons. The van der Waals surface area contributed by atoms with Crippen LogP contribution in [0.4, 0.5) is 0 Å². The molecular formula is C9H14N2O. The third-order valence-corrected chi connectivity index (χ3v) is 2.41. The minimum atomic E-state index is 0.0564. The standard InChI is InChI=1S/C9H14N2O/c1-7-2-3-8(6-7)9(12)11-5-4-10/h7-8H,2-3,5-6H2,1H3,(H,11,12). The molecule has 1 rings (SSSR count). The maximum Gasteiger partial charge on any atom is 0.223 e. The molecule has 0 saturated heterocycles. The Morgan fingerprint density at radius 1 is 1.67 bits per heavy atom. The Bertz CT molecular complexity index is 207. The molecule has 3 heteroatoms. The lowest BCUT2D eigenvalue weighted by molar-refractivity contribution is -0.124. The number of amides is 1. The lowest BCUT2D eigenvalue weighted by Crippen LogP contribution is -2.29. The van der Waals surface area contributed by atoms with Crippen molar-refractivity contribution < 1.29 is 4.79 Å². The maximum absolute atomic E-state index is 11.3. The van der Waals surface area contributed by atoms with Crippen LogP contribution in [0.3, 0.4) is 0 Å². The molecule has 0 bridgehead atoms. The molecule has 1 aliphatic rings. The highest BCUT2D eigenvalue weighted by atomic mass is 16.1. The Hall–Kier alpha value is -1.04. The smallest absolute Gasteiger partial charge is 0.223 e. The molecule has 3 nitrogen and oxygen atoms in total. The largest absolute Gasteiger partial charge is 0.343 e. The van der Waals surface area contributed by atoms with Crippen molar-refractivity contribution in [2.75, 3.05) is 6.54 Å². The minimum absolute atomic E-state index is 0.0564. The van der Waals surface area contributed by atoms with Crippen molar-refractivity contribution in [1.29, 1.82) is 5.26 Å². The molecule has 2 atom stereocenters. The Morgan fingerprint density at radius 3 is 2.92 bits per heavy atom. The average Bonchev–Trinajstić information content (AvgIpc) is 2.47. The Labute approximate surface area is 72.8 Å². The predicted molar refractivity (Wildman–Crippen MR) is 45.1 cm³/mol. The summed E-state index contributed by atoms with van der Waals surface area (Å²) in [5.74, 6) is 0.886. The third-order valence-electron chi connectivity index (χ3n) is 2.41. The summed E-state index contributed by atoms with van der Waals surface area (Å²) in [6, 6.07) is 1.90. The van der Waals surface area contributed by atoms with Gasteiger partial charge in [0, 0.05) is 5.92 Å². The quantitative estimate of drug-likeness (QED) is 0.624. The van der Waals surface area contributed by atoms with Gasteiger partial charge in [-0.2, -0.15) is 5.26 Å². The first-order chi connectivity index (χ1) is 5.74. The minimum Gasteiger partial charge on any atom is -0.343 e. The molecule has 1 amide bonds. The van der Waals surface area contributed by atoms with Gasteiger partial charge >= 0.3 is 0 Å². The van der Waals surface area contributed by atoms with E-state index < -0.39 is 0 Å². The van der Waals surface area contributed by atoms with Crippen molar-refractivity contribution in [3.8, 4) is 6.07 Å². The zero-order valence-electron chi connectivity index (χ0n) is 7.34. The highest BCUT2D eigenvalue weighted by Crippen LogP contribution is 2.30. The molecule has 1 fully saturated rings. The summed E-state index contributed by atoms with van der Waals surface area (Å²) in [4.78, 5) is 11.3. The Morgan fingerprint density at radius 2 is 2.42 bits per heavy atom. The van der Waals surface area contributed by atoms with E-state index in [0.717, 1.165) is 19.3 Å². The number of hydrogen-bond donors (Lipinski definition) is 1. The van der Waals surface area contributed by atoms with Crippen molar-refractivity contribution in [1.82, 2.24) is 5.32 Å². The van der Waals surface area contributed by atoms with Crippen LogP contribution in [0, 0.1) is 23.2 Å². The van der Waals surface area contributed by atoms with Gasteiger partial charge in [-0.3, -0.25) is 4.79 Å². The molecule has 0 aromatic heterocycles. The van der Waals surface area contributed by atoms with Gasteiger partial charge in [0.05, 0.1) is 6.07 Å². The van der Waals surface area contributed by atoms with Crippen LogP contribution in [0.15, 0.2) is 0 Å².